The molecule has 1 atom stereocenters. The quantitative estimate of drug-likeness (QED) is 0.722. The van der Waals surface area contributed by atoms with Crippen LogP contribution in [0.1, 0.15) is 17.4 Å². The Kier molecular flexibility index (Phi) is 1.76. The molecule has 2 N–H and O–H groups in total. The first-order chi connectivity index (χ1) is 8.43. The number of anilines is 1. The summed E-state index contributed by atoms with van der Waals surface area (Å²) in [5.41, 5.74) is 3.56. The monoisotopic (exact) mass is 227 g/mol. The highest BCUT2D eigenvalue weighted by atomic mass is 16.5. The van der Waals surface area contributed by atoms with Crippen LogP contribution in [0.5, 0.6) is 5.75 Å². The fourth-order valence-corrected chi connectivity index (χ4v) is 2.64. The number of nitrogens with one attached hydrogen (secondary N) is 2. The van der Waals surface area contributed by atoms with Crippen LogP contribution in [-0.2, 0) is 6.61 Å². The molecule has 3 heterocycles. The van der Waals surface area contributed by atoms with Crippen molar-refractivity contribution in [3.63, 3.8) is 0 Å². The Hall–Kier alpha value is -1.94. The van der Waals surface area contributed by atoms with E-state index in [-0.39, 0.29) is 6.17 Å². The van der Waals surface area contributed by atoms with Gasteiger partial charge in [-0.1, -0.05) is 6.07 Å². The first-order valence-corrected chi connectivity index (χ1v) is 5.82. The lowest BCUT2D eigenvalue weighted by Gasteiger charge is -2.29. The molecule has 0 spiro atoms. The second-order valence-electron chi connectivity index (χ2n) is 4.37. The molecule has 0 saturated carbocycles. The number of ether oxygens (including phenoxy) is 1. The van der Waals surface area contributed by atoms with Crippen LogP contribution in [0.3, 0.4) is 0 Å². The van der Waals surface area contributed by atoms with Gasteiger partial charge in [-0.25, -0.2) is 0 Å². The molecule has 0 saturated heterocycles. The largest absolute Gasteiger partial charge is 0.487 e. The maximum Gasteiger partial charge on any atom is 0.128 e. The van der Waals surface area contributed by atoms with Gasteiger partial charge in [0.25, 0.3) is 0 Å². The molecule has 0 bridgehead atoms. The van der Waals surface area contributed by atoms with Crippen LogP contribution in [0.2, 0.25) is 0 Å². The Balaban J connectivity index is 1.99. The van der Waals surface area contributed by atoms with E-state index in [9.17, 15) is 0 Å². The zero-order chi connectivity index (χ0) is 11.2. The first kappa shape index (κ1) is 9.13. The van der Waals surface area contributed by atoms with Crippen LogP contribution >= 0.6 is 0 Å². The molecule has 0 radical (unpaired) electrons. The minimum absolute atomic E-state index is 0.176. The number of hydrogen-bond donors (Lipinski definition) is 2. The van der Waals surface area contributed by atoms with Crippen molar-refractivity contribution in [2.75, 3.05) is 12.0 Å². The minimum Gasteiger partial charge on any atom is -0.487 e. The molecule has 2 aliphatic rings. The Bertz CT molecular complexity index is 576. The number of aromatic nitrogens is 1. The zero-order valence-corrected chi connectivity index (χ0v) is 9.31. The Labute approximate surface area is 99.2 Å². The first-order valence-electron chi connectivity index (χ1n) is 5.82. The van der Waals surface area contributed by atoms with E-state index in [1.807, 2.05) is 12.1 Å². The van der Waals surface area contributed by atoms with Gasteiger partial charge in [0, 0.05) is 11.9 Å². The highest BCUT2D eigenvalue weighted by Gasteiger charge is 2.28. The molecule has 17 heavy (non-hydrogen) atoms. The van der Waals surface area contributed by atoms with Gasteiger partial charge in [-0.3, -0.25) is 5.32 Å². The molecule has 0 amide bonds. The lowest BCUT2D eigenvalue weighted by Crippen LogP contribution is -2.36. The summed E-state index contributed by atoms with van der Waals surface area (Å²) in [7, 11) is 0. The molecular weight excluding hydrogens is 214 g/mol. The van der Waals surface area contributed by atoms with Gasteiger partial charge in [-0.05, 0) is 24.3 Å². The zero-order valence-electron chi connectivity index (χ0n) is 9.31. The van der Waals surface area contributed by atoms with Crippen molar-refractivity contribution in [2.24, 2.45) is 0 Å². The van der Waals surface area contributed by atoms with Gasteiger partial charge in [0.05, 0.1) is 17.9 Å². The molecule has 1 unspecified atom stereocenters. The number of hydrogen-bond acceptors (Lipinski definition) is 3. The second kappa shape index (κ2) is 3.28. The van der Waals surface area contributed by atoms with Gasteiger partial charge in [0.2, 0.25) is 0 Å². The number of fused-ring (bicyclic) bond motifs is 2. The van der Waals surface area contributed by atoms with E-state index >= 15 is 0 Å². The van der Waals surface area contributed by atoms with Crippen LogP contribution in [-0.4, -0.2) is 11.2 Å². The predicted molar refractivity (Wildman–Crippen MR) is 65.0 cm³/mol. The standard InChI is InChI=1S/C13H13N3O/c1-4-10-12-11(5-1)17-7-9-3-2-6-16(9)13(12)15-8-14-10/h1-6,13-15H,7-8H2. The van der Waals surface area contributed by atoms with Crippen molar-refractivity contribution in [3.05, 3.63) is 47.8 Å². The minimum atomic E-state index is 0.176. The number of rotatable bonds is 0. The molecule has 2 aliphatic heterocycles. The van der Waals surface area contributed by atoms with Crippen molar-refractivity contribution >= 4 is 5.69 Å². The predicted octanol–water partition coefficient (Wildman–Crippen LogP) is 1.90. The Morgan fingerprint density at radius 2 is 2.24 bits per heavy atom. The Morgan fingerprint density at radius 3 is 3.24 bits per heavy atom. The summed E-state index contributed by atoms with van der Waals surface area (Å²) < 4.78 is 8.13. The number of nitrogens with zero attached hydrogens (tertiary/aromatic N) is 1. The molecular formula is C13H13N3O. The third-order valence-electron chi connectivity index (χ3n) is 3.43. The third-order valence-corrected chi connectivity index (χ3v) is 3.43. The van der Waals surface area contributed by atoms with Crippen molar-refractivity contribution in [1.82, 2.24) is 9.88 Å². The summed E-state index contributed by atoms with van der Waals surface area (Å²) in [5.74, 6) is 0.968. The summed E-state index contributed by atoms with van der Waals surface area (Å²) >= 11 is 0. The molecule has 2 aromatic rings. The van der Waals surface area contributed by atoms with E-state index < -0.39 is 0 Å². The van der Waals surface area contributed by atoms with Gasteiger partial charge < -0.3 is 14.6 Å². The average Bonchev–Trinajstić information content (AvgIpc) is 2.78. The van der Waals surface area contributed by atoms with Gasteiger partial charge >= 0.3 is 0 Å². The maximum atomic E-state index is 5.88. The van der Waals surface area contributed by atoms with Crippen LogP contribution in [0.4, 0.5) is 5.69 Å². The van der Waals surface area contributed by atoms with Crippen LogP contribution in [0.25, 0.3) is 0 Å². The van der Waals surface area contributed by atoms with Crippen molar-refractivity contribution in [1.29, 1.82) is 0 Å². The van der Waals surface area contributed by atoms with Crippen LogP contribution in [0.15, 0.2) is 36.5 Å². The molecule has 4 nitrogen and oxygen atoms in total. The van der Waals surface area contributed by atoms with Gasteiger partial charge in [0.1, 0.15) is 18.5 Å². The van der Waals surface area contributed by atoms with E-state index in [1.54, 1.807) is 0 Å². The summed E-state index contributed by atoms with van der Waals surface area (Å²) in [5, 5.41) is 6.82. The van der Waals surface area contributed by atoms with Crippen LogP contribution < -0.4 is 15.4 Å². The average molecular weight is 227 g/mol. The SMILES string of the molecule is c1cc2c3c(c1)OCc1cccn1C3NCN2. The molecule has 0 fully saturated rings. The smallest absolute Gasteiger partial charge is 0.128 e. The summed E-state index contributed by atoms with van der Waals surface area (Å²) in [6, 6.07) is 10.3. The molecule has 4 heteroatoms. The van der Waals surface area contributed by atoms with Crippen molar-refractivity contribution in [3.8, 4) is 5.75 Å². The lowest BCUT2D eigenvalue weighted by atomic mass is 10.1. The summed E-state index contributed by atoms with van der Waals surface area (Å²) in [6.07, 6.45) is 2.28. The van der Waals surface area contributed by atoms with E-state index in [0.717, 1.165) is 18.1 Å². The van der Waals surface area contributed by atoms with Gasteiger partial charge in [-0.2, -0.15) is 0 Å². The van der Waals surface area contributed by atoms with Crippen molar-refractivity contribution in [2.45, 2.75) is 12.8 Å². The van der Waals surface area contributed by atoms with E-state index in [1.165, 1.54) is 11.3 Å². The summed E-state index contributed by atoms with van der Waals surface area (Å²) in [4.78, 5) is 0. The topological polar surface area (TPSA) is 38.2 Å². The fourth-order valence-electron chi connectivity index (χ4n) is 2.64. The maximum absolute atomic E-state index is 5.88. The van der Waals surface area contributed by atoms with Crippen LogP contribution in [0, 0.1) is 0 Å². The Morgan fingerprint density at radius 1 is 1.24 bits per heavy atom. The molecule has 86 valence electrons. The fraction of sp³-hybridized carbons (Fsp3) is 0.231. The lowest BCUT2D eigenvalue weighted by molar-refractivity contribution is 0.303. The second-order valence-corrected chi connectivity index (χ2v) is 4.37. The van der Waals surface area contributed by atoms with Gasteiger partial charge in [0.15, 0.2) is 0 Å². The third kappa shape index (κ3) is 1.21. The summed E-state index contributed by atoms with van der Waals surface area (Å²) in [6.45, 7) is 1.40. The highest BCUT2D eigenvalue weighted by molar-refractivity contribution is 5.61. The molecule has 1 aromatic heterocycles. The highest BCUT2D eigenvalue weighted by Crippen LogP contribution is 2.38. The van der Waals surface area contributed by atoms with Gasteiger partial charge in [-0.15, -0.1) is 0 Å². The molecule has 0 aliphatic carbocycles. The molecule has 1 aromatic carbocycles. The van der Waals surface area contributed by atoms with E-state index in [0.29, 0.717) is 6.61 Å². The normalized spacial score (nSPS) is 20.6. The van der Waals surface area contributed by atoms with Crippen molar-refractivity contribution < 1.29 is 4.74 Å². The molecule has 4 rings (SSSR count). The van der Waals surface area contributed by atoms with E-state index in [2.05, 4.69) is 39.6 Å². The van der Waals surface area contributed by atoms with E-state index in [4.69, 9.17) is 4.74 Å². The number of benzene rings is 1.